The smallest absolute Gasteiger partial charge is 0.313 e. The maximum Gasteiger partial charge on any atom is 0.313 e. The molecule has 130 valence electrons. The van der Waals surface area contributed by atoms with Crippen molar-refractivity contribution in [3.8, 4) is 0 Å². The number of hydrogen-bond acceptors (Lipinski definition) is 5. The number of carbonyl (C=O) groups excluding carboxylic acids is 2. The first-order valence-electron chi connectivity index (χ1n) is 7.50. The highest BCUT2D eigenvalue weighted by Gasteiger charge is 2.42. The number of piperidine rings is 1. The Balaban J connectivity index is 0.00000264. The fourth-order valence-corrected chi connectivity index (χ4v) is 2.74. The molecule has 1 fully saturated rings. The van der Waals surface area contributed by atoms with E-state index in [0.717, 1.165) is 13.1 Å². The van der Waals surface area contributed by atoms with E-state index in [4.69, 9.17) is 4.74 Å². The van der Waals surface area contributed by atoms with Gasteiger partial charge in [-0.05, 0) is 45.8 Å². The summed E-state index contributed by atoms with van der Waals surface area (Å²) in [6.07, 6.45) is 4.82. The molecule has 0 atom stereocenters. The van der Waals surface area contributed by atoms with Crippen LogP contribution in [0, 0.1) is 5.41 Å². The molecule has 0 unspecified atom stereocenters. The maximum atomic E-state index is 12.8. The van der Waals surface area contributed by atoms with Crippen LogP contribution in [0.15, 0.2) is 18.5 Å². The van der Waals surface area contributed by atoms with E-state index in [1.54, 1.807) is 24.7 Å². The van der Waals surface area contributed by atoms with Crippen LogP contribution < -0.4 is 10.6 Å². The quantitative estimate of drug-likeness (QED) is 0.768. The van der Waals surface area contributed by atoms with Gasteiger partial charge in [0.15, 0.2) is 0 Å². The van der Waals surface area contributed by atoms with Crippen LogP contribution in [0.2, 0.25) is 0 Å². The first-order valence-corrected chi connectivity index (χ1v) is 7.50. The third kappa shape index (κ3) is 4.03. The van der Waals surface area contributed by atoms with Gasteiger partial charge in [0, 0.05) is 18.9 Å². The Morgan fingerprint density at radius 1 is 1.39 bits per heavy atom. The molecule has 1 amide bonds. The largest absolute Gasteiger partial charge is 0.469 e. The minimum atomic E-state index is -0.761. The Kier molecular flexibility index (Phi) is 6.58. The van der Waals surface area contributed by atoms with E-state index in [9.17, 15) is 9.59 Å². The summed E-state index contributed by atoms with van der Waals surface area (Å²) in [5.74, 6) is -0.444. The molecule has 2 rings (SSSR count). The summed E-state index contributed by atoms with van der Waals surface area (Å²) in [5.41, 5.74) is -1.45. The number of carbonyl (C=O) groups is 2. The van der Waals surface area contributed by atoms with Crippen molar-refractivity contribution in [2.24, 2.45) is 5.41 Å². The maximum absolute atomic E-state index is 12.8. The van der Waals surface area contributed by atoms with Crippen molar-refractivity contribution in [3.05, 3.63) is 18.5 Å². The number of amides is 1. The highest BCUT2D eigenvalue weighted by molar-refractivity contribution is 5.86. The third-order valence-electron chi connectivity index (χ3n) is 4.23. The molecular formula is C15H25ClN4O3. The molecule has 0 aromatic carbocycles. The fourth-order valence-electron chi connectivity index (χ4n) is 2.74. The van der Waals surface area contributed by atoms with Crippen LogP contribution >= 0.6 is 12.4 Å². The van der Waals surface area contributed by atoms with Crippen molar-refractivity contribution in [2.45, 2.75) is 32.2 Å². The summed E-state index contributed by atoms with van der Waals surface area (Å²) < 4.78 is 6.50. The van der Waals surface area contributed by atoms with Gasteiger partial charge in [-0.1, -0.05) is 0 Å². The second-order valence-electron chi connectivity index (χ2n) is 6.29. The topological polar surface area (TPSA) is 85.2 Å². The van der Waals surface area contributed by atoms with Crippen LogP contribution in [0.4, 0.5) is 0 Å². The zero-order chi connectivity index (χ0) is 16.2. The summed E-state index contributed by atoms with van der Waals surface area (Å²) in [4.78, 5) is 24.6. The lowest BCUT2D eigenvalue weighted by molar-refractivity contribution is -0.150. The number of methoxy groups -OCH3 is 1. The van der Waals surface area contributed by atoms with Crippen LogP contribution in [-0.4, -0.2) is 48.4 Å². The van der Waals surface area contributed by atoms with Gasteiger partial charge in [0.2, 0.25) is 5.91 Å². The number of esters is 1. The molecule has 0 saturated carbocycles. The van der Waals surface area contributed by atoms with Crippen LogP contribution in [0.3, 0.4) is 0 Å². The van der Waals surface area contributed by atoms with Crippen molar-refractivity contribution in [1.82, 2.24) is 20.4 Å². The molecule has 7 nitrogen and oxygen atoms in total. The molecule has 0 bridgehead atoms. The monoisotopic (exact) mass is 344 g/mol. The van der Waals surface area contributed by atoms with Crippen molar-refractivity contribution < 1.29 is 14.3 Å². The molecule has 1 aromatic rings. The van der Waals surface area contributed by atoms with Crippen molar-refractivity contribution in [1.29, 1.82) is 0 Å². The number of ether oxygens (including phenoxy) is 1. The number of rotatable bonds is 5. The summed E-state index contributed by atoms with van der Waals surface area (Å²) in [6, 6.07) is 1.81. The molecule has 23 heavy (non-hydrogen) atoms. The number of hydrogen-bond donors (Lipinski definition) is 2. The SMILES string of the molecule is COC(=O)C(C)(C)CNC(=O)C1(n2cccn2)CCNCC1.Cl. The van der Waals surface area contributed by atoms with Crippen molar-refractivity contribution in [2.75, 3.05) is 26.7 Å². The molecule has 1 aliphatic heterocycles. The lowest BCUT2D eigenvalue weighted by Gasteiger charge is -2.37. The standard InChI is InChI=1S/C15H24N4O3.ClH/c1-14(2,13(21)22-3)11-17-12(20)15(5-8-16-9-6-15)19-10-4-7-18-19;/h4,7,10,16H,5-6,8-9,11H2,1-3H3,(H,17,20);1H. The van der Waals surface area contributed by atoms with Gasteiger partial charge in [0.1, 0.15) is 5.54 Å². The van der Waals surface area contributed by atoms with Gasteiger partial charge in [-0.3, -0.25) is 14.3 Å². The molecule has 8 heteroatoms. The van der Waals surface area contributed by atoms with Crippen LogP contribution in [0.5, 0.6) is 0 Å². The Morgan fingerprint density at radius 2 is 2.04 bits per heavy atom. The van der Waals surface area contributed by atoms with Gasteiger partial charge >= 0.3 is 5.97 Å². The third-order valence-corrected chi connectivity index (χ3v) is 4.23. The lowest BCUT2D eigenvalue weighted by atomic mass is 9.86. The number of aromatic nitrogens is 2. The Hall–Kier alpha value is -1.60. The molecule has 1 aliphatic rings. The van der Waals surface area contributed by atoms with Gasteiger partial charge in [-0.2, -0.15) is 5.10 Å². The van der Waals surface area contributed by atoms with E-state index in [0.29, 0.717) is 12.8 Å². The summed E-state index contributed by atoms with van der Waals surface area (Å²) in [5, 5.41) is 10.4. The van der Waals surface area contributed by atoms with E-state index in [1.807, 2.05) is 12.3 Å². The van der Waals surface area contributed by atoms with Crippen LogP contribution in [0.25, 0.3) is 0 Å². The highest BCUT2D eigenvalue weighted by atomic mass is 35.5. The predicted octanol–water partition coefficient (Wildman–Crippen LogP) is 0.699. The van der Waals surface area contributed by atoms with Gasteiger partial charge in [-0.25, -0.2) is 0 Å². The minimum absolute atomic E-state index is 0. The molecule has 1 saturated heterocycles. The van der Waals surface area contributed by atoms with Crippen molar-refractivity contribution >= 4 is 24.3 Å². The van der Waals surface area contributed by atoms with E-state index >= 15 is 0 Å². The zero-order valence-electron chi connectivity index (χ0n) is 13.8. The average molecular weight is 345 g/mol. The molecule has 0 radical (unpaired) electrons. The number of nitrogens with zero attached hydrogens (tertiary/aromatic N) is 2. The second-order valence-corrected chi connectivity index (χ2v) is 6.29. The zero-order valence-corrected chi connectivity index (χ0v) is 14.6. The number of halogens is 1. The van der Waals surface area contributed by atoms with E-state index in [2.05, 4.69) is 15.7 Å². The molecule has 2 heterocycles. The van der Waals surface area contributed by atoms with Gasteiger partial charge in [0.05, 0.1) is 12.5 Å². The lowest BCUT2D eigenvalue weighted by Crippen LogP contribution is -2.56. The highest BCUT2D eigenvalue weighted by Crippen LogP contribution is 2.27. The van der Waals surface area contributed by atoms with Gasteiger partial charge in [0.25, 0.3) is 0 Å². The molecule has 2 N–H and O–H groups in total. The molecule has 0 spiro atoms. The van der Waals surface area contributed by atoms with Gasteiger partial charge < -0.3 is 15.4 Å². The first kappa shape index (κ1) is 19.4. The first-order chi connectivity index (χ1) is 10.4. The Labute approximate surface area is 142 Å². The van der Waals surface area contributed by atoms with E-state index in [1.165, 1.54) is 7.11 Å². The summed E-state index contributed by atoms with van der Waals surface area (Å²) in [7, 11) is 1.35. The minimum Gasteiger partial charge on any atom is -0.469 e. The fraction of sp³-hybridized carbons (Fsp3) is 0.667. The second kappa shape index (κ2) is 7.79. The van der Waals surface area contributed by atoms with Crippen LogP contribution in [0.1, 0.15) is 26.7 Å². The van der Waals surface area contributed by atoms with E-state index < -0.39 is 11.0 Å². The summed E-state index contributed by atoms with van der Waals surface area (Å²) >= 11 is 0. The average Bonchev–Trinajstić information content (AvgIpc) is 3.07. The predicted molar refractivity (Wildman–Crippen MR) is 88.4 cm³/mol. The van der Waals surface area contributed by atoms with Crippen LogP contribution in [-0.2, 0) is 19.9 Å². The van der Waals surface area contributed by atoms with E-state index in [-0.39, 0.29) is 30.8 Å². The normalized spacial score (nSPS) is 17.0. The van der Waals surface area contributed by atoms with Crippen molar-refractivity contribution in [3.63, 3.8) is 0 Å². The van der Waals surface area contributed by atoms with Gasteiger partial charge in [-0.15, -0.1) is 12.4 Å². The molecule has 1 aromatic heterocycles. The molecule has 0 aliphatic carbocycles. The summed E-state index contributed by atoms with van der Waals surface area (Å²) in [6.45, 7) is 5.25. The Morgan fingerprint density at radius 3 is 2.57 bits per heavy atom. The Bertz CT molecular complexity index is 525. The molecular weight excluding hydrogens is 320 g/mol. The number of nitrogens with one attached hydrogen (secondary N) is 2.